The molecule has 4 saturated carbocycles. The van der Waals surface area contributed by atoms with Crippen LogP contribution in [0.3, 0.4) is 0 Å². The zero-order valence-electron chi connectivity index (χ0n) is 16.5. The molecule has 3 heteroatoms. The summed E-state index contributed by atoms with van der Waals surface area (Å²) in [6.45, 7) is 5.05. The van der Waals surface area contributed by atoms with Crippen LogP contribution in [0.5, 0.6) is 0 Å². The fourth-order valence-electron chi connectivity index (χ4n) is 8.59. The summed E-state index contributed by atoms with van der Waals surface area (Å²) in [6, 6.07) is 0. The van der Waals surface area contributed by atoms with Crippen molar-refractivity contribution in [3.05, 3.63) is 11.6 Å². The van der Waals surface area contributed by atoms with Crippen LogP contribution in [-0.2, 0) is 0 Å². The van der Waals surface area contributed by atoms with E-state index in [2.05, 4.69) is 19.9 Å². The number of aliphatic hydroxyl groups is 3. The molecule has 3 N–H and O–H groups in total. The third-order valence-corrected chi connectivity index (χ3v) is 9.95. The largest absolute Gasteiger partial charge is 0.396 e. The van der Waals surface area contributed by atoms with Gasteiger partial charge in [0.1, 0.15) is 0 Å². The van der Waals surface area contributed by atoms with Crippen molar-refractivity contribution in [2.45, 2.75) is 83.3 Å². The van der Waals surface area contributed by atoms with E-state index >= 15 is 0 Å². The SMILES string of the molecule is C[C@]12CCC(O)CC1=CCC1C2CC[C@@]2(C)C1[C@@H]1C[C@@H]1[C@@]2(O)CCCO. The third kappa shape index (κ3) is 2.06. The van der Waals surface area contributed by atoms with Crippen molar-refractivity contribution < 1.29 is 15.3 Å². The number of fused-ring (bicyclic) bond motifs is 7. The number of aliphatic hydroxyl groups excluding tert-OH is 2. The summed E-state index contributed by atoms with van der Waals surface area (Å²) in [6.07, 6.45) is 11.5. The lowest BCUT2D eigenvalue weighted by Gasteiger charge is -2.60. The molecule has 0 spiro atoms. The molecule has 5 aliphatic rings. The van der Waals surface area contributed by atoms with E-state index in [-0.39, 0.29) is 23.5 Å². The molecule has 0 radical (unpaired) electrons. The predicted octanol–water partition coefficient (Wildman–Crippen LogP) is 3.67. The molecule has 9 atom stereocenters. The van der Waals surface area contributed by atoms with Crippen LogP contribution < -0.4 is 0 Å². The van der Waals surface area contributed by atoms with E-state index in [1.54, 1.807) is 0 Å². The van der Waals surface area contributed by atoms with E-state index in [1.165, 1.54) is 18.4 Å². The lowest BCUT2D eigenvalue weighted by Crippen LogP contribution is -2.56. The third-order valence-electron chi connectivity index (χ3n) is 9.95. The van der Waals surface area contributed by atoms with Crippen LogP contribution in [0.25, 0.3) is 0 Å². The monoisotopic (exact) mass is 360 g/mol. The molecule has 0 aromatic rings. The van der Waals surface area contributed by atoms with Crippen molar-refractivity contribution in [2.75, 3.05) is 6.61 Å². The summed E-state index contributed by atoms with van der Waals surface area (Å²) in [4.78, 5) is 0. The van der Waals surface area contributed by atoms with Crippen LogP contribution in [0.4, 0.5) is 0 Å². The van der Waals surface area contributed by atoms with E-state index in [9.17, 15) is 15.3 Å². The van der Waals surface area contributed by atoms with Gasteiger partial charge in [-0.1, -0.05) is 25.5 Å². The van der Waals surface area contributed by atoms with Gasteiger partial charge in [0.25, 0.3) is 0 Å². The second-order valence-corrected chi connectivity index (χ2v) is 10.8. The Morgan fingerprint density at radius 1 is 1.12 bits per heavy atom. The van der Waals surface area contributed by atoms with Gasteiger partial charge in [-0.3, -0.25) is 0 Å². The normalized spacial score (nSPS) is 57.5. The standard InChI is InChI=1S/C23H36O3/c1-21-9-6-15(25)12-14(21)4-5-16-18(21)7-10-22(2)20(16)17-13-19(17)23(22,26)8-3-11-24/h4,15-20,24-26H,3,5-13H2,1-2H3/t15?,16?,17-,18?,19+,20?,21+,22+,23+/m1/s1. The van der Waals surface area contributed by atoms with Gasteiger partial charge in [-0.15, -0.1) is 0 Å². The maximum atomic E-state index is 11.7. The van der Waals surface area contributed by atoms with E-state index in [4.69, 9.17) is 0 Å². The lowest BCUT2D eigenvalue weighted by atomic mass is 9.45. The van der Waals surface area contributed by atoms with Crippen molar-refractivity contribution in [3.63, 3.8) is 0 Å². The molecular weight excluding hydrogens is 324 g/mol. The molecule has 0 aliphatic heterocycles. The molecule has 0 heterocycles. The molecule has 3 nitrogen and oxygen atoms in total. The average molecular weight is 361 g/mol. The highest BCUT2D eigenvalue weighted by Crippen LogP contribution is 2.77. The molecule has 5 rings (SSSR count). The Balaban J connectivity index is 1.48. The van der Waals surface area contributed by atoms with Gasteiger partial charge in [-0.05, 0) is 98.2 Å². The van der Waals surface area contributed by atoms with Crippen LogP contribution >= 0.6 is 0 Å². The smallest absolute Gasteiger partial charge is 0.0735 e. The maximum absolute atomic E-state index is 11.7. The Morgan fingerprint density at radius 2 is 1.92 bits per heavy atom. The molecular formula is C23H36O3. The maximum Gasteiger partial charge on any atom is 0.0735 e. The van der Waals surface area contributed by atoms with Gasteiger partial charge in [0.2, 0.25) is 0 Å². The second kappa shape index (κ2) is 5.58. The molecule has 0 aromatic carbocycles. The summed E-state index contributed by atoms with van der Waals surface area (Å²) >= 11 is 0. The van der Waals surface area contributed by atoms with E-state index < -0.39 is 5.60 Å². The number of hydrogen-bond donors (Lipinski definition) is 3. The minimum atomic E-state index is -0.552. The van der Waals surface area contributed by atoms with Gasteiger partial charge in [0.15, 0.2) is 0 Å². The van der Waals surface area contributed by atoms with Crippen LogP contribution in [-0.4, -0.2) is 33.6 Å². The average Bonchev–Trinajstić information content (AvgIpc) is 3.37. The lowest BCUT2D eigenvalue weighted by molar-refractivity contribution is -0.149. The molecule has 0 saturated heterocycles. The Bertz CT molecular complexity index is 629. The quantitative estimate of drug-likeness (QED) is 0.673. The fraction of sp³-hybridized carbons (Fsp3) is 0.913. The van der Waals surface area contributed by atoms with Gasteiger partial charge < -0.3 is 15.3 Å². The molecule has 0 aromatic heterocycles. The van der Waals surface area contributed by atoms with Crippen molar-refractivity contribution in [2.24, 2.45) is 40.4 Å². The summed E-state index contributed by atoms with van der Waals surface area (Å²) in [5.74, 6) is 3.28. The van der Waals surface area contributed by atoms with Gasteiger partial charge in [-0.2, -0.15) is 0 Å². The fourth-order valence-corrected chi connectivity index (χ4v) is 8.59. The molecule has 5 aliphatic carbocycles. The first-order valence-electron chi connectivity index (χ1n) is 11.1. The van der Waals surface area contributed by atoms with Crippen LogP contribution in [0.1, 0.15) is 71.6 Å². The highest BCUT2D eigenvalue weighted by atomic mass is 16.3. The minimum Gasteiger partial charge on any atom is -0.396 e. The van der Waals surface area contributed by atoms with E-state index in [0.717, 1.165) is 50.9 Å². The van der Waals surface area contributed by atoms with E-state index in [0.29, 0.717) is 23.7 Å². The molecule has 26 heavy (non-hydrogen) atoms. The van der Waals surface area contributed by atoms with E-state index in [1.807, 2.05) is 0 Å². The van der Waals surface area contributed by atoms with Crippen LogP contribution in [0.2, 0.25) is 0 Å². The van der Waals surface area contributed by atoms with Gasteiger partial charge in [0.05, 0.1) is 11.7 Å². The number of rotatable bonds is 3. The summed E-state index contributed by atoms with van der Waals surface area (Å²) in [5.41, 5.74) is 1.29. The summed E-state index contributed by atoms with van der Waals surface area (Å²) in [5, 5.41) is 31.3. The highest BCUT2D eigenvalue weighted by Gasteiger charge is 2.75. The first kappa shape index (κ1) is 17.7. The first-order chi connectivity index (χ1) is 12.3. The Labute approximate surface area is 157 Å². The van der Waals surface area contributed by atoms with Crippen LogP contribution in [0, 0.1) is 40.4 Å². The highest BCUT2D eigenvalue weighted by molar-refractivity contribution is 5.29. The van der Waals surface area contributed by atoms with Crippen LogP contribution in [0.15, 0.2) is 11.6 Å². The molecule has 4 unspecified atom stereocenters. The molecule has 0 amide bonds. The molecule has 4 fully saturated rings. The summed E-state index contributed by atoms with van der Waals surface area (Å²) in [7, 11) is 0. The number of allylic oxidation sites excluding steroid dienone is 1. The first-order valence-corrected chi connectivity index (χ1v) is 11.1. The van der Waals surface area contributed by atoms with Gasteiger partial charge in [0, 0.05) is 6.61 Å². The van der Waals surface area contributed by atoms with Crippen molar-refractivity contribution in [3.8, 4) is 0 Å². The van der Waals surface area contributed by atoms with Crippen molar-refractivity contribution in [1.82, 2.24) is 0 Å². The predicted molar refractivity (Wildman–Crippen MR) is 101 cm³/mol. The zero-order chi connectivity index (χ0) is 18.3. The molecule has 0 bridgehead atoms. The number of hydrogen-bond acceptors (Lipinski definition) is 3. The summed E-state index contributed by atoms with van der Waals surface area (Å²) < 4.78 is 0. The second-order valence-electron chi connectivity index (χ2n) is 10.8. The zero-order valence-corrected chi connectivity index (χ0v) is 16.5. The molecule has 146 valence electrons. The Kier molecular flexibility index (Phi) is 3.80. The Morgan fingerprint density at radius 3 is 2.69 bits per heavy atom. The van der Waals surface area contributed by atoms with Crippen molar-refractivity contribution in [1.29, 1.82) is 0 Å². The van der Waals surface area contributed by atoms with Gasteiger partial charge in [-0.25, -0.2) is 0 Å². The minimum absolute atomic E-state index is 0.0345. The van der Waals surface area contributed by atoms with Crippen molar-refractivity contribution >= 4 is 0 Å². The topological polar surface area (TPSA) is 60.7 Å². The van der Waals surface area contributed by atoms with Gasteiger partial charge >= 0.3 is 0 Å². The Hall–Kier alpha value is -0.380.